The molecular formula is C9H11BrN2. The van der Waals surface area contributed by atoms with Crippen LogP contribution < -0.4 is 0 Å². The topological polar surface area (TPSA) is 25.8 Å². The molecule has 0 spiro atoms. The van der Waals surface area contributed by atoms with Gasteiger partial charge in [0.2, 0.25) is 0 Å². The molecule has 1 aliphatic carbocycles. The molecule has 2 nitrogen and oxygen atoms in total. The average molecular weight is 227 g/mol. The first-order chi connectivity index (χ1) is 5.86. The fraction of sp³-hybridized carbons (Fsp3) is 0.556. The molecule has 2 rings (SSSR count). The first kappa shape index (κ1) is 8.17. The minimum atomic E-state index is 0.685. The molecule has 0 aliphatic heterocycles. The molecule has 1 aliphatic rings. The summed E-state index contributed by atoms with van der Waals surface area (Å²) in [4.78, 5) is 8.30. The van der Waals surface area contributed by atoms with Crippen LogP contribution in [0.5, 0.6) is 0 Å². The standard InChI is InChI=1S/C9H11BrN2/c10-9-5-8(11-6-12-9)7-3-1-2-4-7/h5-7H,1-4H2. The number of aromatic nitrogens is 2. The van der Waals surface area contributed by atoms with Crippen molar-refractivity contribution in [2.24, 2.45) is 0 Å². The Balaban J connectivity index is 2.21. The van der Waals surface area contributed by atoms with Gasteiger partial charge in [0.25, 0.3) is 0 Å². The van der Waals surface area contributed by atoms with E-state index in [9.17, 15) is 0 Å². The fourth-order valence-electron chi connectivity index (χ4n) is 1.79. The lowest BCUT2D eigenvalue weighted by atomic mass is 10.0. The fourth-order valence-corrected chi connectivity index (χ4v) is 2.12. The van der Waals surface area contributed by atoms with E-state index in [-0.39, 0.29) is 0 Å². The van der Waals surface area contributed by atoms with Gasteiger partial charge < -0.3 is 0 Å². The first-order valence-electron chi connectivity index (χ1n) is 4.34. The zero-order valence-electron chi connectivity index (χ0n) is 6.83. The number of hydrogen-bond acceptors (Lipinski definition) is 2. The van der Waals surface area contributed by atoms with Gasteiger partial charge >= 0.3 is 0 Å². The molecule has 1 heterocycles. The smallest absolute Gasteiger partial charge is 0.116 e. The van der Waals surface area contributed by atoms with Crippen LogP contribution in [0.3, 0.4) is 0 Å². The monoisotopic (exact) mass is 226 g/mol. The van der Waals surface area contributed by atoms with E-state index >= 15 is 0 Å². The van der Waals surface area contributed by atoms with E-state index in [1.54, 1.807) is 6.33 Å². The van der Waals surface area contributed by atoms with E-state index in [0.717, 1.165) is 4.60 Å². The molecule has 0 aromatic carbocycles. The predicted molar refractivity (Wildman–Crippen MR) is 50.9 cm³/mol. The normalized spacial score (nSPS) is 18.4. The third-order valence-corrected chi connectivity index (χ3v) is 2.86. The summed E-state index contributed by atoms with van der Waals surface area (Å²) in [6, 6.07) is 2.04. The quantitative estimate of drug-likeness (QED) is 0.689. The van der Waals surface area contributed by atoms with Gasteiger partial charge in [0.15, 0.2) is 0 Å². The second-order valence-corrected chi connectivity index (χ2v) is 4.06. The summed E-state index contributed by atoms with van der Waals surface area (Å²) in [5.41, 5.74) is 1.20. The summed E-state index contributed by atoms with van der Waals surface area (Å²) >= 11 is 3.36. The molecular weight excluding hydrogens is 216 g/mol. The van der Waals surface area contributed by atoms with Gasteiger partial charge in [0, 0.05) is 11.6 Å². The van der Waals surface area contributed by atoms with Gasteiger partial charge in [-0.3, -0.25) is 0 Å². The number of hydrogen-bond donors (Lipinski definition) is 0. The molecule has 0 bridgehead atoms. The summed E-state index contributed by atoms with van der Waals surface area (Å²) < 4.78 is 0.902. The Morgan fingerprint density at radius 3 is 2.67 bits per heavy atom. The molecule has 0 N–H and O–H groups in total. The summed E-state index contributed by atoms with van der Waals surface area (Å²) in [5, 5.41) is 0. The molecule has 1 aromatic rings. The molecule has 64 valence electrons. The van der Waals surface area contributed by atoms with E-state index in [1.165, 1.54) is 31.4 Å². The van der Waals surface area contributed by atoms with Crippen molar-refractivity contribution in [1.82, 2.24) is 9.97 Å². The van der Waals surface area contributed by atoms with Crippen LogP contribution in [-0.2, 0) is 0 Å². The van der Waals surface area contributed by atoms with Crippen LogP contribution in [0.2, 0.25) is 0 Å². The second kappa shape index (κ2) is 3.52. The minimum absolute atomic E-state index is 0.685. The van der Waals surface area contributed by atoms with Crippen LogP contribution in [0.4, 0.5) is 0 Å². The van der Waals surface area contributed by atoms with E-state index in [4.69, 9.17) is 0 Å². The Hall–Kier alpha value is -0.440. The Kier molecular flexibility index (Phi) is 2.40. The van der Waals surface area contributed by atoms with Gasteiger partial charge in [-0.15, -0.1) is 0 Å². The largest absolute Gasteiger partial charge is 0.241 e. The highest BCUT2D eigenvalue weighted by Gasteiger charge is 2.18. The van der Waals surface area contributed by atoms with Gasteiger partial charge in [-0.25, -0.2) is 9.97 Å². The second-order valence-electron chi connectivity index (χ2n) is 3.25. The lowest BCUT2D eigenvalue weighted by Crippen LogP contribution is -1.96. The van der Waals surface area contributed by atoms with E-state index in [0.29, 0.717) is 5.92 Å². The third kappa shape index (κ3) is 1.66. The Morgan fingerprint density at radius 2 is 2.00 bits per heavy atom. The van der Waals surface area contributed by atoms with Crippen LogP contribution in [-0.4, -0.2) is 9.97 Å². The van der Waals surface area contributed by atoms with Crippen molar-refractivity contribution in [2.75, 3.05) is 0 Å². The van der Waals surface area contributed by atoms with Crippen molar-refractivity contribution >= 4 is 15.9 Å². The Morgan fingerprint density at radius 1 is 1.25 bits per heavy atom. The number of nitrogens with zero attached hydrogens (tertiary/aromatic N) is 2. The molecule has 1 aromatic heterocycles. The highest BCUT2D eigenvalue weighted by atomic mass is 79.9. The summed E-state index contributed by atoms with van der Waals surface area (Å²) in [7, 11) is 0. The highest BCUT2D eigenvalue weighted by Crippen LogP contribution is 2.33. The van der Waals surface area contributed by atoms with Gasteiger partial charge in [-0.2, -0.15) is 0 Å². The summed E-state index contributed by atoms with van der Waals surface area (Å²) in [5.74, 6) is 0.685. The molecule has 0 amide bonds. The van der Waals surface area contributed by atoms with Crippen LogP contribution in [0.25, 0.3) is 0 Å². The SMILES string of the molecule is Brc1cc(C2CCCC2)ncn1. The maximum atomic E-state index is 4.28. The maximum absolute atomic E-state index is 4.28. The number of rotatable bonds is 1. The lowest BCUT2D eigenvalue weighted by Gasteiger charge is -2.06. The molecule has 12 heavy (non-hydrogen) atoms. The molecule has 0 radical (unpaired) electrons. The van der Waals surface area contributed by atoms with Crippen molar-refractivity contribution < 1.29 is 0 Å². The van der Waals surface area contributed by atoms with Gasteiger partial charge in [-0.05, 0) is 34.8 Å². The minimum Gasteiger partial charge on any atom is -0.241 e. The molecule has 3 heteroatoms. The predicted octanol–water partition coefficient (Wildman–Crippen LogP) is 2.90. The number of halogens is 1. The average Bonchev–Trinajstić information content (AvgIpc) is 2.56. The van der Waals surface area contributed by atoms with Crippen LogP contribution in [0.15, 0.2) is 17.0 Å². The van der Waals surface area contributed by atoms with Crippen molar-refractivity contribution in [3.63, 3.8) is 0 Å². The summed E-state index contributed by atoms with van der Waals surface area (Å²) in [6.45, 7) is 0. The van der Waals surface area contributed by atoms with Crippen molar-refractivity contribution in [1.29, 1.82) is 0 Å². The third-order valence-electron chi connectivity index (χ3n) is 2.43. The van der Waals surface area contributed by atoms with Crippen molar-refractivity contribution in [2.45, 2.75) is 31.6 Å². The molecule has 0 atom stereocenters. The molecule has 0 saturated heterocycles. The van der Waals surface area contributed by atoms with Gasteiger partial charge in [-0.1, -0.05) is 12.8 Å². The van der Waals surface area contributed by atoms with Gasteiger partial charge in [0.1, 0.15) is 10.9 Å². The lowest BCUT2D eigenvalue weighted by molar-refractivity contribution is 0.692. The first-order valence-corrected chi connectivity index (χ1v) is 5.13. The van der Waals surface area contributed by atoms with Crippen molar-refractivity contribution in [3.8, 4) is 0 Å². The van der Waals surface area contributed by atoms with Crippen molar-refractivity contribution in [3.05, 3.63) is 22.7 Å². The Bertz CT molecular complexity index is 269. The van der Waals surface area contributed by atoms with E-state index in [2.05, 4.69) is 25.9 Å². The summed E-state index contributed by atoms with van der Waals surface area (Å²) in [6.07, 6.45) is 6.93. The van der Waals surface area contributed by atoms with E-state index < -0.39 is 0 Å². The van der Waals surface area contributed by atoms with Crippen LogP contribution in [0.1, 0.15) is 37.3 Å². The molecule has 1 fully saturated rings. The van der Waals surface area contributed by atoms with E-state index in [1.807, 2.05) is 6.07 Å². The Labute approximate surface area is 80.6 Å². The molecule has 0 unspecified atom stereocenters. The van der Waals surface area contributed by atoms with Crippen LogP contribution in [0, 0.1) is 0 Å². The highest BCUT2D eigenvalue weighted by molar-refractivity contribution is 9.10. The van der Waals surface area contributed by atoms with Gasteiger partial charge in [0.05, 0.1) is 0 Å². The maximum Gasteiger partial charge on any atom is 0.116 e. The zero-order chi connectivity index (χ0) is 8.39. The molecule has 1 saturated carbocycles. The van der Waals surface area contributed by atoms with Crippen LogP contribution >= 0.6 is 15.9 Å². The zero-order valence-corrected chi connectivity index (χ0v) is 8.42.